The van der Waals surface area contributed by atoms with Crippen molar-refractivity contribution in [1.29, 1.82) is 5.26 Å². The van der Waals surface area contributed by atoms with Crippen LogP contribution in [0.2, 0.25) is 0 Å². The van der Waals surface area contributed by atoms with Crippen molar-refractivity contribution < 1.29 is 19.4 Å². The molecule has 2 N–H and O–H groups in total. The fourth-order valence-corrected chi connectivity index (χ4v) is 4.33. The second-order valence-electron chi connectivity index (χ2n) is 7.05. The van der Waals surface area contributed by atoms with E-state index in [2.05, 4.69) is 16.0 Å². The summed E-state index contributed by atoms with van der Waals surface area (Å²) >= 11 is 0. The Morgan fingerprint density at radius 1 is 1.56 bits per heavy atom. The van der Waals surface area contributed by atoms with E-state index in [1.807, 2.05) is 13.0 Å². The number of carbonyl (C=O) groups is 1. The van der Waals surface area contributed by atoms with Crippen molar-refractivity contribution in [2.45, 2.75) is 56.9 Å². The summed E-state index contributed by atoms with van der Waals surface area (Å²) in [7, 11) is 1.77. The monoisotopic (exact) mass is 347 g/mol. The number of ether oxygens (including phenoxy) is 2. The zero-order valence-corrected chi connectivity index (χ0v) is 14.7. The number of nitrogens with zero attached hydrogens (tertiary/aromatic N) is 2. The molecule has 1 aromatic rings. The van der Waals surface area contributed by atoms with Crippen LogP contribution in [0, 0.1) is 18.3 Å². The number of nitrogens with one attached hydrogen (secondary N) is 1. The van der Waals surface area contributed by atoms with Crippen LogP contribution in [0.25, 0.3) is 0 Å². The summed E-state index contributed by atoms with van der Waals surface area (Å²) in [5.74, 6) is -0.933. The third-order valence-electron chi connectivity index (χ3n) is 5.66. The number of carboxylic acids is 1. The average Bonchev–Trinajstić information content (AvgIpc) is 3.14. The topological polar surface area (TPSA) is 98.6 Å². The van der Waals surface area contributed by atoms with Gasteiger partial charge in [0.1, 0.15) is 12.7 Å². The maximum atomic E-state index is 10.8. The highest BCUT2D eigenvalue weighted by molar-refractivity contribution is 5.68. The second-order valence-corrected chi connectivity index (χ2v) is 7.05. The molecule has 1 aromatic heterocycles. The Morgan fingerprint density at radius 2 is 2.36 bits per heavy atom. The van der Waals surface area contributed by atoms with Crippen LogP contribution in [0.3, 0.4) is 0 Å². The van der Waals surface area contributed by atoms with Crippen LogP contribution < -0.4 is 0 Å². The number of hydrogen-bond donors (Lipinski definition) is 2. The van der Waals surface area contributed by atoms with E-state index in [4.69, 9.17) is 19.8 Å². The summed E-state index contributed by atoms with van der Waals surface area (Å²) in [6, 6.07) is 4.30. The minimum absolute atomic E-state index is 0.0509. The number of aryl methyl sites for hydroxylation is 1. The van der Waals surface area contributed by atoms with E-state index in [1.54, 1.807) is 7.11 Å². The van der Waals surface area contributed by atoms with Gasteiger partial charge in [-0.2, -0.15) is 5.26 Å². The molecule has 25 heavy (non-hydrogen) atoms. The van der Waals surface area contributed by atoms with Crippen LogP contribution in [0.1, 0.15) is 42.6 Å². The first-order valence-corrected chi connectivity index (χ1v) is 8.68. The second kappa shape index (κ2) is 7.16. The summed E-state index contributed by atoms with van der Waals surface area (Å²) < 4.78 is 11.5. The Labute approximate surface area is 147 Å². The molecule has 3 rings (SSSR count). The molecule has 0 spiro atoms. The fourth-order valence-electron chi connectivity index (χ4n) is 4.33. The lowest BCUT2D eigenvalue weighted by Crippen LogP contribution is -2.51. The average molecular weight is 347 g/mol. The Kier molecular flexibility index (Phi) is 5.13. The van der Waals surface area contributed by atoms with E-state index >= 15 is 0 Å². The van der Waals surface area contributed by atoms with Gasteiger partial charge in [-0.05, 0) is 38.7 Å². The number of carboxylic acid groups (broad SMARTS) is 1. The first kappa shape index (κ1) is 17.9. The van der Waals surface area contributed by atoms with Crippen molar-refractivity contribution in [2.24, 2.45) is 0 Å². The smallest absolute Gasteiger partial charge is 0.329 e. The first-order valence-electron chi connectivity index (χ1n) is 8.68. The van der Waals surface area contributed by atoms with Gasteiger partial charge in [-0.3, -0.25) is 4.90 Å². The maximum absolute atomic E-state index is 10.8. The van der Waals surface area contributed by atoms with Gasteiger partial charge in [-0.15, -0.1) is 0 Å². The Balaban J connectivity index is 1.71. The largest absolute Gasteiger partial charge is 0.480 e. The molecule has 0 radical (unpaired) electrons. The number of aliphatic carboxylic acids is 1. The zero-order valence-electron chi connectivity index (χ0n) is 14.7. The molecule has 7 nitrogen and oxygen atoms in total. The molecule has 136 valence electrons. The van der Waals surface area contributed by atoms with Crippen LogP contribution in [0.15, 0.2) is 6.07 Å². The van der Waals surface area contributed by atoms with E-state index in [-0.39, 0.29) is 24.4 Å². The van der Waals surface area contributed by atoms with Crippen molar-refractivity contribution in [2.75, 3.05) is 20.3 Å². The van der Waals surface area contributed by atoms with Crippen molar-refractivity contribution >= 4 is 5.97 Å². The predicted octanol–water partition coefficient (Wildman–Crippen LogP) is 1.81. The van der Waals surface area contributed by atoms with E-state index in [0.29, 0.717) is 5.56 Å². The highest BCUT2D eigenvalue weighted by Crippen LogP contribution is 2.43. The summed E-state index contributed by atoms with van der Waals surface area (Å²) in [6.45, 7) is 3.30. The van der Waals surface area contributed by atoms with Gasteiger partial charge in [0.05, 0.1) is 17.3 Å². The van der Waals surface area contributed by atoms with Crippen LogP contribution in [0.4, 0.5) is 0 Å². The lowest BCUT2D eigenvalue weighted by Gasteiger charge is -2.43. The SMILES string of the molecule is CO[C@@]12CC[C@@H](OCC(=O)O)C[C@@H]1N(Cc1cc(C#N)c(C)[nH]1)CC2. The molecular weight excluding hydrogens is 322 g/mol. The van der Waals surface area contributed by atoms with Crippen molar-refractivity contribution in [3.63, 3.8) is 0 Å². The summed E-state index contributed by atoms with van der Waals surface area (Å²) in [5, 5.41) is 18.0. The number of aromatic nitrogens is 1. The highest BCUT2D eigenvalue weighted by Gasteiger charge is 2.51. The molecule has 7 heteroatoms. The standard InChI is InChI=1S/C18H25N3O4/c1-12-13(9-19)7-14(20-12)10-21-6-5-18(24-2)4-3-15(8-16(18)21)25-11-17(22)23/h7,15-16,20H,3-6,8,10-11H2,1-2H3,(H,22,23)/t15-,16+,18-/m1/s1. The number of nitriles is 1. The zero-order chi connectivity index (χ0) is 18.0. The first-order chi connectivity index (χ1) is 12.0. The van der Waals surface area contributed by atoms with Gasteiger partial charge >= 0.3 is 5.97 Å². The van der Waals surface area contributed by atoms with Crippen LogP contribution >= 0.6 is 0 Å². The molecule has 1 aliphatic heterocycles. The summed E-state index contributed by atoms with van der Waals surface area (Å²) in [6.07, 6.45) is 3.38. The summed E-state index contributed by atoms with van der Waals surface area (Å²) in [4.78, 5) is 16.4. The third kappa shape index (κ3) is 3.56. The molecule has 0 unspecified atom stereocenters. The minimum Gasteiger partial charge on any atom is -0.480 e. The van der Waals surface area contributed by atoms with E-state index in [0.717, 1.165) is 50.2 Å². The summed E-state index contributed by atoms with van der Waals surface area (Å²) in [5.41, 5.74) is 2.41. The Morgan fingerprint density at radius 3 is 3.00 bits per heavy atom. The number of rotatable bonds is 6. The number of methoxy groups -OCH3 is 1. The maximum Gasteiger partial charge on any atom is 0.329 e. The lowest BCUT2D eigenvalue weighted by molar-refractivity contribution is -0.148. The number of hydrogen-bond acceptors (Lipinski definition) is 5. The normalized spacial score (nSPS) is 29.3. The number of aromatic amines is 1. The quantitative estimate of drug-likeness (QED) is 0.814. The van der Waals surface area contributed by atoms with Crippen LogP contribution in [0.5, 0.6) is 0 Å². The highest BCUT2D eigenvalue weighted by atomic mass is 16.5. The van der Waals surface area contributed by atoms with Crippen molar-refractivity contribution in [3.8, 4) is 6.07 Å². The van der Waals surface area contributed by atoms with Gasteiger partial charge in [0.15, 0.2) is 0 Å². The number of likely N-dealkylation sites (tertiary alicyclic amines) is 1. The number of H-pyrrole nitrogens is 1. The molecule has 3 atom stereocenters. The third-order valence-corrected chi connectivity index (χ3v) is 5.66. The van der Waals surface area contributed by atoms with E-state index in [9.17, 15) is 4.79 Å². The van der Waals surface area contributed by atoms with Gasteiger partial charge in [0, 0.05) is 37.6 Å². The van der Waals surface area contributed by atoms with E-state index < -0.39 is 5.97 Å². The minimum atomic E-state index is -0.933. The molecule has 1 saturated carbocycles. The molecular formula is C18H25N3O4. The van der Waals surface area contributed by atoms with Crippen LogP contribution in [-0.2, 0) is 20.8 Å². The molecule has 0 amide bonds. The fraction of sp³-hybridized carbons (Fsp3) is 0.667. The predicted molar refractivity (Wildman–Crippen MR) is 90.0 cm³/mol. The lowest BCUT2D eigenvalue weighted by atomic mass is 9.79. The molecule has 2 heterocycles. The van der Waals surface area contributed by atoms with Crippen molar-refractivity contribution in [3.05, 3.63) is 23.0 Å². The molecule has 2 aliphatic rings. The van der Waals surface area contributed by atoms with Gasteiger partial charge in [0.25, 0.3) is 0 Å². The number of fused-ring (bicyclic) bond motifs is 1. The molecule has 0 bridgehead atoms. The van der Waals surface area contributed by atoms with Gasteiger partial charge < -0.3 is 19.6 Å². The molecule has 1 aliphatic carbocycles. The van der Waals surface area contributed by atoms with E-state index in [1.165, 1.54) is 0 Å². The van der Waals surface area contributed by atoms with Gasteiger partial charge in [-0.25, -0.2) is 4.79 Å². The van der Waals surface area contributed by atoms with Crippen LogP contribution in [-0.4, -0.2) is 59.0 Å². The van der Waals surface area contributed by atoms with Gasteiger partial charge in [-0.1, -0.05) is 0 Å². The molecule has 0 aromatic carbocycles. The molecule has 2 fully saturated rings. The van der Waals surface area contributed by atoms with Crippen molar-refractivity contribution in [1.82, 2.24) is 9.88 Å². The molecule has 1 saturated heterocycles. The Bertz CT molecular complexity index is 680. The Hall–Kier alpha value is -1.88. The van der Waals surface area contributed by atoms with Gasteiger partial charge in [0.2, 0.25) is 0 Å².